The van der Waals surface area contributed by atoms with Crippen molar-refractivity contribution in [3.05, 3.63) is 71.2 Å². The molecule has 7 nitrogen and oxygen atoms in total. The van der Waals surface area contributed by atoms with E-state index in [0.717, 1.165) is 10.8 Å². The maximum Gasteiger partial charge on any atom is 0.347 e. The number of hydrazone groups is 1. The van der Waals surface area contributed by atoms with E-state index in [4.69, 9.17) is 23.8 Å². The summed E-state index contributed by atoms with van der Waals surface area (Å²) in [6.45, 7) is 3.72. The number of nitrogens with one attached hydrogen (secondary N) is 1. The Hall–Kier alpha value is -2.85. The van der Waals surface area contributed by atoms with Crippen LogP contribution < -0.4 is 5.32 Å². The fourth-order valence-corrected chi connectivity index (χ4v) is 5.50. The molecule has 3 N–H and O–H groups in total. The molecule has 4 rings (SSSR count). The lowest BCUT2D eigenvalue weighted by Crippen LogP contribution is -2.54. The first-order valence-electron chi connectivity index (χ1n) is 9.99. The number of halogens is 1. The van der Waals surface area contributed by atoms with Gasteiger partial charge in [-0.25, -0.2) is 9.80 Å². The Morgan fingerprint density at radius 1 is 1.21 bits per heavy atom. The highest BCUT2D eigenvalue weighted by Crippen LogP contribution is 2.43. The van der Waals surface area contributed by atoms with E-state index < -0.39 is 16.9 Å². The number of anilines is 1. The fourth-order valence-electron chi connectivity index (χ4n) is 3.59. The zero-order valence-corrected chi connectivity index (χ0v) is 20.2. The summed E-state index contributed by atoms with van der Waals surface area (Å²) in [5.74, 6) is 0.0624. The van der Waals surface area contributed by atoms with E-state index in [0.29, 0.717) is 25.7 Å². The molecule has 0 radical (unpaired) electrons. The number of amides is 2. The average molecular weight is 501 g/mol. The van der Waals surface area contributed by atoms with Crippen LogP contribution in [0.3, 0.4) is 0 Å². The minimum Gasteiger partial charge on any atom is -0.507 e. The highest BCUT2D eigenvalue weighted by Gasteiger charge is 2.50. The van der Waals surface area contributed by atoms with Crippen molar-refractivity contribution in [1.82, 2.24) is 10.1 Å². The minimum absolute atomic E-state index is 0.0624. The van der Waals surface area contributed by atoms with E-state index in [2.05, 4.69) is 10.4 Å². The molecular formula is C23H21ClN4O3S2. The molecule has 1 atom stereocenters. The van der Waals surface area contributed by atoms with Gasteiger partial charge in [0.2, 0.25) is 0 Å². The van der Waals surface area contributed by atoms with Crippen molar-refractivity contribution in [2.75, 3.05) is 5.32 Å². The van der Waals surface area contributed by atoms with Crippen molar-refractivity contribution in [1.29, 1.82) is 0 Å². The third-order valence-corrected chi connectivity index (χ3v) is 6.97. The van der Waals surface area contributed by atoms with Gasteiger partial charge in [-0.05, 0) is 55.0 Å². The number of rotatable bonds is 4. The second-order valence-electron chi connectivity index (χ2n) is 7.94. The molecule has 1 fully saturated rings. The number of hydrogen-bond donors (Lipinski definition) is 3. The van der Waals surface area contributed by atoms with Crippen molar-refractivity contribution in [3.63, 3.8) is 0 Å². The number of carbonyl (C=O) groups is 1. The van der Waals surface area contributed by atoms with Crippen LogP contribution >= 0.6 is 35.6 Å². The van der Waals surface area contributed by atoms with E-state index in [-0.39, 0.29) is 5.75 Å². The normalized spacial score (nSPS) is 17.6. The molecule has 1 saturated heterocycles. The highest BCUT2D eigenvalue weighted by atomic mass is 35.5. The molecular weight excluding hydrogens is 480 g/mol. The summed E-state index contributed by atoms with van der Waals surface area (Å²) in [6, 6.07) is 16.8. The van der Waals surface area contributed by atoms with Gasteiger partial charge >= 0.3 is 6.03 Å². The second-order valence-corrected chi connectivity index (χ2v) is 10.7. The van der Waals surface area contributed by atoms with Gasteiger partial charge in [-0.2, -0.15) is 10.2 Å². The smallest absolute Gasteiger partial charge is 0.347 e. The van der Waals surface area contributed by atoms with E-state index in [1.165, 1.54) is 23.0 Å². The van der Waals surface area contributed by atoms with E-state index in [1.54, 1.807) is 30.3 Å². The number of hydroxylamine groups is 2. The Labute approximate surface area is 205 Å². The summed E-state index contributed by atoms with van der Waals surface area (Å²) in [4.78, 5) is 12.8. The Balaban J connectivity index is 1.63. The molecule has 0 spiro atoms. The molecule has 1 aliphatic heterocycles. The molecule has 2 amide bonds. The molecule has 0 aromatic heterocycles. The second kappa shape index (κ2) is 9.18. The van der Waals surface area contributed by atoms with Crippen LogP contribution in [0.2, 0.25) is 5.02 Å². The molecule has 10 heteroatoms. The minimum atomic E-state index is -0.893. The predicted molar refractivity (Wildman–Crippen MR) is 137 cm³/mol. The van der Waals surface area contributed by atoms with Gasteiger partial charge in [0.1, 0.15) is 5.75 Å². The lowest BCUT2D eigenvalue weighted by Gasteiger charge is -2.34. The maximum atomic E-state index is 12.8. The summed E-state index contributed by atoms with van der Waals surface area (Å²) in [5, 5.41) is 32.6. The summed E-state index contributed by atoms with van der Waals surface area (Å²) in [5.41, 5.74) is 0.990. The van der Waals surface area contributed by atoms with Crippen molar-refractivity contribution in [2.24, 2.45) is 5.10 Å². The molecule has 0 aliphatic carbocycles. The first-order valence-corrected chi connectivity index (χ1v) is 11.6. The van der Waals surface area contributed by atoms with Crippen LogP contribution in [0.1, 0.15) is 19.4 Å². The molecule has 1 heterocycles. The van der Waals surface area contributed by atoms with Gasteiger partial charge in [0, 0.05) is 16.3 Å². The van der Waals surface area contributed by atoms with Gasteiger partial charge in [-0.3, -0.25) is 5.21 Å². The topological polar surface area (TPSA) is 88.4 Å². The zero-order valence-electron chi connectivity index (χ0n) is 17.8. The third kappa shape index (κ3) is 4.77. The van der Waals surface area contributed by atoms with Gasteiger partial charge in [0.15, 0.2) is 10.5 Å². The van der Waals surface area contributed by atoms with Crippen molar-refractivity contribution in [3.8, 4) is 5.75 Å². The summed E-state index contributed by atoms with van der Waals surface area (Å²) in [7, 11) is 0. The third-order valence-electron chi connectivity index (χ3n) is 5.19. The number of fused-ring (bicyclic) bond motifs is 1. The number of phenolic OH excluding ortho intramolecular Hbond substituents is 1. The lowest BCUT2D eigenvalue weighted by atomic mass is 10.0. The number of nitrogens with zero attached hydrogens (tertiary/aromatic N) is 3. The Morgan fingerprint density at radius 2 is 1.91 bits per heavy atom. The quantitative estimate of drug-likeness (QED) is 0.179. The molecule has 3 aromatic rings. The van der Waals surface area contributed by atoms with Crippen LogP contribution in [-0.4, -0.2) is 47.9 Å². The monoisotopic (exact) mass is 500 g/mol. The van der Waals surface area contributed by atoms with Crippen molar-refractivity contribution in [2.45, 2.75) is 24.8 Å². The van der Waals surface area contributed by atoms with Gasteiger partial charge in [0.05, 0.1) is 11.0 Å². The maximum absolute atomic E-state index is 12.8. The number of thiocarbonyl (C=S) groups is 1. The number of urea groups is 1. The lowest BCUT2D eigenvalue weighted by molar-refractivity contribution is -0.114. The average Bonchev–Trinajstić information content (AvgIpc) is 3.01. The number of thioether (sulfide) groups is 1. The van der Waals surface area contributed by atoms with E-state index >= 15 is 0 Å². The van der Waals surface area contributed by atoms with Crippen molar-refractivity contribution < 1.29 is 15.1 Å². The molecule has 0 unspecified atom stereocenters. The van der Waals surface area contributed by atoms with Crippen LogP contribution in [0, 0.1) is 0 Å². The van der Waals surface area contributed by atoms with Crippen LogP contribution in [0.15, 0.2) is 65.8 Å². The number of phenols is 1. The van der Waals surface area contributed by atoms with Crippen LogP contribution in [0.4, 0.5) is 10.5 Å². The largest absolute Gasteiger partial charge is 0.507 e. The number of carbonyl (C=O) groups excluding carboxylic acids is 1. The Kier molecular flexibility index (Phi) is 6.49. The van der Waals surface area contributed by atoms with Crippen LogP contribution in [-0.2, 0) is 0 Å². The highest BCUT2D eigenvalue weighted by molar-refractivity contribution is 8.24. The summed E-state index contributed by atoms with van der Waals surface area (Å²) in [6.07, 6.45) is 0.597. The van der Waals surface area contributed by atoms with Crippen LogP contribution in [0.25, 0.3) is 10.8 Å². The van der Waals surface area contributed by atoms with E-state index in [9.17, 15) is 15.1 Å². The summed E-state index contributed by atoms with van der Waals surface area (Å²) < 4.78 is -0.277. The standard InChI is InChI=1S/C23H21ClN4O3S2/c1-23(2)20(28(31)21(30)26-16-10-8-15(24)9-11-16)27(22(32)33-23)25-13-18-17-6-4-3-5-14(17)7-12-19(18)29/h3-13,20,29,31H,1-2H3,(H,26,30)/b25-13-/t20-/m1/s1. The molecule has 170 valence electrons. The van der Waals surface area contributed by atoms with Gasteiger partial charge < -0.3 is 10.4 Å². The summed E-state index contributed by atoms with van der Waals surface area (Å²) >= 11 is 12.7. The van der Waals surface area contributed by atoms with Gasteiger partial charge in [0.25, 0.3) is 0 Å². The first kappa shape index (κ1) is 23.3. The van der Waals surface area contributed by atoms with Crippen LogP contribution in [0.5, 0.6) is 5.75 Å². The molecule has 1 aliphatic rings. The van der Waals surface area contributed by atoms with Gasteiger partial charge in [-0.15, -0.1) is 0 Å². The number of aromatic hydroxyl groups is 1. The Morgan fingerprint density at radius 3 is 2.64 bits per heavy atom. The Bertz CT molecular complexity index is 1250. The first-order chi connectivity index (χ1) is 15.7. The fraction of sp³-hybridized carbons (Fsp3) is 0.174. The number of benzene rings is 3. The van der Waals surface area contributed by atoms with Crippen molar-refractivity contribution >= 4 is 68.6 Å². The molecule has 3 aromatic carbocycles. The molecule has 0 saturated carbocycles. The molecule has 0 bridgehead atoms. The predicted octanol–water partition coefficient (Wildman–Crippen LogP) is 5.89. The number of hydrogen-bond acceptors (Lipinski definition) is 6. The SMILES string of the molecule is CC1(C)SC(=S)N(/N=C\c2c(O)ccc3ccccc23)[C@@H]1N(O)C(=O)Nc1ccc(Cl)cc1. The zero-order chi connectivity index (χ0) is 23.8. The van der Waals surface area contributed by atoms with Gasteiger partial charge in [-0.1, -0.05) is 65.9 Å². The van der Waals surface area contributed by atoms with E-state index in [1.807, 2.05) is 44.2 Å². The molecule has 33 heavy (non-hydrogen) atoms.